The van der Waals surface area contributed by atoms with Crippen LogP contribution in [0.1, 0.15) is 17.3 Å². The maximum Gasteiger partial charge on any atom is 0.341 e. The van der Waals surface area contributed by atoms with E-state index in [2.05, 4.69) is 21.6 Å². The molecule has 4 nitrogen and oxygen atoms in total. The summed E-state index contributed by atoms with van der Waals surface area (Å²) in [6.45, 7) is 5.56. The molecule has 80 valence electrons. The van der Waals surface area contributed by atoms with Crippen LogP contribution in [0.3, 0.4) is 0 Å². The topological polar surface area (TPSA) is 51.2 Å². The summed E-state index contributed by atoms with van der Waals surface area (Å²) in [7, 11) is 1.34. The molecule has 0 bridgehead atoms. The molecule has 1 N–H and O–H groups in total. The van der Waals surface area contributed by atoms with E-state index in [1.807, 2.05) is 6.92 Å². The fourth-order valence-electron chi connectivity index (χ4n) is 1.07. The minimum absolute atomic E-state index is 0.0447. The molecule has 1 heterocycles. The first-order chi connectivity index (χ1) is 7.19. The number of nitrogens with zero attached hydrogens (tertiary/aromatic N) is 1. The molecule has 0 amide bonds. The molecule has 0 aromatic carbocycles. The van der Waals surface area contributed by atoms with Crippen molar-refractivity contribution in [1.29, 1.82) is 0 Å². The Labute approximate surface area is 89.0 Å². The van der Waals surface area contributed by atoms with Crippen LogP contribution < -0.4 is 5.32 Å². The molecule has 4 heteroatoms. The molecular formula is C11H14N2O2. The highest BCUT2D eigenvalue weighted by Gasteiger charge is 2.12. The van der Waals surface area contributed by atoms with Crippen LogP contribution in [-0.2, 0) is 4.74 Å². The highest BCUT2D eigenvalue weighted by atomic mass is 16.5. The summed E-state index contributed by atoms with van der Waals surface area (Å²) in [5, 5.41) is 3.05. The largest absolute Gasteiger partial charge is 0.465 e. The van der Waals surface area contributed by atoms with E-state index in [0.717, 1.165) is 0 Å². The van der Waals surface area contributed by atoms with Gasteiger partial charge in [-0.15, -0.1) is 6.58 Å². The zero-order valence-corrected chi connectivity index (χ0v) is 8.86. The number of hydrogen-bond donors (Lipinski definition) is 1. The molecule has 1 aromatic heterocycles. The van der Waals surface area contributed by atoms with Gasteiger partial charge < -0.3 is 10.1 Å². The molecule has 1 aromatic rings. The summed E-state index contributed by atoms with van der Waals surface area (Å²) in [5.74, 6) is 0.110. The lowest BCUT2D eigenvalue weighted by Crippen LogP contribution is -2.16. The van der Waals surface area contributed by atoms with E-state index in [0.29, 0.717) is 11.4 Å². The number of esters is 1. The van der Waals surface area contributed by atoms with Crippen LogP contribution in [0.15, 0.2) is 31.0 Å². The average molecular weight is 206 g/mol. The molecule has 0 spiro atoms. The van der Waals surface area contributed by atoms with Crippen molar-refractivity contribution in [3.8, 4) is 0 Å². The lowest BCUT2D eigenvalue weighted by molar-refractivity contribution is 0.0601. The van der Waals surface area contributed by atoms with Crippen molar-refractivity contribution >= 4 is 11.8 Å². The Bertz CT molecular complexity index is 363. The summed E-state index contributed by atoms with van der Waals surface area (Å²) < 4.78 is 4.65. The molecule has 0 radical (unpaired) electrons. The average Bonchev–Trinajstić information content (AvgIpc) is 2.28. The van der Waals surface area contributed by atoms with Crippen LogP contribution in [0.2, 0.25) is 0 Å². The van der Waals surface area contributed by atoms with Gasteiger partial charge in [-0.2, -0.15) is 0 Å². The summed E-state index contributed by atoms with van der Waals surface area (Å²) in [4.78, 5) is 15.5. The monoisotopic (exact) mass is 206 g/mol. The number of rotatable bonds is 4. The van der Waals surface area contributed by atoms with Crippen LogP contribution in [0, 0.1) is 0 Å². The molecule has 0 aliphatic heterocycles. The normalized spacial score (nSPS) is 11.6. The minimum atomic E-state index is -0.401. The van der Waals surface area contributed by atoms with Crippen molar-refractivity contribution in [2.24, 2.45) is 0 Å². The smallest absolute Gasteiger partial charge is 0.341 e. The van der Waals surface area contributed by atoms with Gasteiger partial charge in [-0.05, 0) is 19.1 Å². The van der Waals surface area contributed by atoms with E-state index >= 15 is 0 Å². The van der Waals surface area contributed by atoms with Gasteiger partial charge in [-0.1, -0.05) is 6.08 Å². The van der Waals surface area contributed by atoms with Gasteiger partial charge in [0.15, 0.2) is 0 Å². The standard InChI is InChI=1S/C11H14N2O2/c1-4-8(2)13-10-9(11(14)15-3)6-5-7-12-10/h4-8H,1H2,2-3H3,(H,12,13). The van der Waals surface area contributed by atoms with Crippen LogP contribution in [0.25, 0.3) is 0 Å². The Morgan fingerprint density at radius 2 is 2.47 bits per heavy atom. The third-order valence-electron chi connectivity index (χ3n) is 1.93. The molecular weight excluding hydrogens is 192 g/mol. The van der Waals surface area contributed by atoms with Gasteiger partial charge in [-0.25, -0.2) is 9.78 Å². The predicted octanol–water partition coefficient (Wildman–Crippen LogP) is 1.85. The first-order valence-corrected chi connectivity index (χ1v) is 4.61. The number of ether oxygens (including phenoxy) is 1. The van der Waals surface area contributed by atoms with Crippen molar-refractivity contribution in [2.45, 2.75) is 13.0 Å². The summed E-state index contributed by atoms with van der Waals surface area (Å²) in [6.07, 6.45) is 3.35. The Morgan fingerprint density at radius 1 is 1.73 bits per heavy atom. The molecule has 1 rings (SSSR count). The van der Waals surface area contributed by atoms with Crippen molar-refractivity contribution in [1.82, 2.24) is 4.98 Å². The summed E-state index contributed by atoms with van der Waals surface area (Å²) in [5.41, 5.74) is 0.425. The second-order valence-corrected chi connectivity index (χ2v) is 3.06. The molecule has 1 atom stereocenters. The third-order valence-corrected chi connectivity index (χ3v) is 1.93. The predicted molar refractivity (Wildman–Crippen MR) is 58.9 cm³/mol. The van der Waals surface area contributed by atoms with Crippen LogP contribution >= 0.6 is 0 Å². The van der Waals surface area contributed by atoms with Crippen molar-refractivity contribution < 1.29 is 9.53 Å². The van der Waals surface area contributed by atoms with Crippen molar-refractivity contribution in [3.05, 3.63) is 36.5 Å². The number of aromatic nitrogens is 1. The first kappa shape index (κ1) is 11.2. The van der Waals surface area contributed by atoms with Gasteiger partial charge >= 0.3 is 5.97 Å². The maximum atomic E-state index is 11.4. The maximum absolute atomic E-state index is 11.4. The van der Waals surface area contributed by atoms with E-state index in [-0.39, 0.29) is 6.04 Å². The molecule has 0 aliphatic carbocycles. The highest BCUT2D eigenvalue weighted by Crippen LogP contribution is 2.13. The second-order valence-electron chi connectivity index (χ2n) is 3.06. The van der Waals surface area contributed by atoms with Crippen LogP contribution in [0.5, 0.6) is 0 Å². The van der Waals surface area contributed by atoms with E-state index in [4.69, 9.17) is 0 Å². The molecule has 1 unspecified atom stereocenters. The number of anilines is 1. The van der Waals surface area contributed by atoms with Crippen molar-refractivity contribution in [2.75, 3.05) is 12.4 Å². The van der Waals surface area contributed by atoms with Gasteiger partial charge in [0.1, 0.15) is 11.4 Å². The Morgan fingerprint density at radius 3 is 3.07 bits per heavy atom. The first-order valence-electron chi connectivity index (χ1n) is 4.61. The SMILES string of the molecule is C=CC(C)Nc1ncccc1C(=O)OC. The zero-order chi connectivity index (χ0) is 11.3. The van der Waals surface area contributed by atoms with E-state index < -0.39 is 5.97 Å². The van der Waals surface area contributed by atoms with Crippen LogP contribution in [-0.4, -0.2) is 24.1 Å². The quantitative estimate of drug-likeness (QED) is 0.603. The van der Waals surface area contributed by atoms with Gasteiger partial charge in [0.2, 0.25) is 0 Å². The minimum Gasteiger partial charge on any atom is -0.465 e. The van der Waals surface area contributed by atoms with Crippen molar-refractivity contribution in [3.63, 3.8) is 0 Å². The van der Waals surface area contributed by atoms with Crippen LogP contribution in [0.4, 0.5) is 5.82 Å². The molecule has 0 aliphatic rings. The number of nitrogens with one attached hydrogen (secondary N) is 1. The Balaban J connectivity index is 2.95. The molecule has 0 saturated carbocycles. The molecule has 15 heavy (non-hydrogen) atoms. The third kappa shape index (κ3) is 2.80. The van der Waals surface area contributed by atoms with E-state index in [9.17, 15) is 4.79 Å². The van der Waals surface area contributed by atoms with Gasteiger partial charge in [-0.3, -0.25) is 0 Å². The number of pyridine rings is 1. The lowest BCUT2D eigenvalue weighted by Gasteiger charge is -2.12. The number of hydrogen-bond acceptors (Lipinski definition) is 4. The highest BCUT2D eigenvalue weighted by molar-refractivity contribution is 5.94. The van der Waals surface area contributed by atoms with E-state index in [1.165, 1.54) is 7.11 Å². The fourth-order valence-corrected chi connectivity index (χ4v) is 1.07. The summed E-state index contributed by atoms with van der Waals surface area (Å²) >= 11 is 0. The molecule has 0 saturated heterocycles. The molecule has 0 fully saturated rings. The number of methoxy groups -OCH3 is 1. The lowest BCUT2D eigenvalue weighted by atomic mass is 10.2. The summed E-state index contributed by atoms with van der Waals surface area (Å²) in [6, 6.07) is 3.40. The Kier molecular flexibility index (Phi) is 3.85. The van der Waals surface area contributed by atoms with E-state index in [1.54, 1.807) is 24.4 Å². The zero-order valence-electron chi connectivity index (χ0n) is 8.86. The number of carbonyl (C=O) groups is 1. The second kappa shape index (κ2) is 5.14. The fraction of sp³-hybridized carbons (Fsp3) is 0.273. The Hall–Kier alpha value is -1.84. The van der Waals surface area contributed by atoms with Gasteiger partial charge in [0.05, 0.1) is 7.11 Å². The van der Waals surface area contributed by atoms with Gasteiger partial charge in [0.25, 0.3) is 0 Å². The van der Waals surface area contributed by atoms with Gasteiger partial charge in [0, 0.05) is 12.2 Å². The number of carbonyl (C=O) groups excluding carboxylic acids is 1.